The molecular weight excluding hydrogens is 595 g/mol. The zero-order chi connectivity index (χ0) is 31.8. The minimum absolute atomic E-state index is 1.13. The summed E-state index contributed by atoms with van der Waals surface area (Å²) in [6.45, 7) is 0. The van der Waals surface area contributed by atoms with E-state index < -0.39 is 0 Å². The molecular formula is C46H27N3. The average Bonchev–Trinajstić information content (AvgIpc) is 3.89. The van der Waals surface area contributed by atoms with E-state index in [1.165, 1.54) is 87.0 Å². The standard InChI is InChI=1S/C46H27N3/c1-3-14-29(15-4-1)47(30-16-5-2-6-17-30)40-24-12-22-34-41-31-18-8-7-13-28(31)27-36-43-39(49(45(34)40)46(36)41)26-25-38-42(43)35-21-11-20-33-32-19-9-10-23-37(32)48(38)44(33)35/h1-27H. The van der Waals surface area contributed by atoms with E-state index >= 15 is 0 Å². The second kappa shape index (κ2) is 9.06. The van der Waals surface area contributed by atoms with E-state index in [4.69, 9.17) is 0 Å². The molecule has 12 rings (SSSR count). The maximum atomic E-state index is 2.57. The number of para-hydroxylation sites is 5. The molecule has 4 aromatic heterocycles. The molecule has 0 bridgehead atoms. The fourth-order valence-corrected chi connectivity index (χ4v) is 9.08. The fourth-order valence-electron chi connectivity index (χ4n) is 9.08. The van der Waals surface area contributed by atoms with Gasteiger partial charge < -0.3 is 13.7 Å². The lowest BCUT2D eigenvalue weighted by molar-refractivity contribution is 1.27. The molecule has 3 nitrogen and oxygen atoms in total. The molecule has 0 aliphatic heterocycles. The lowest BCUT2D eigenvalue weighted by atomic mass is 9.98. The maximum Gasteiger partial charge on any atom is 0.0783 e. The van der Waals surface area contributed by atoms with Crippen LogP contribution in [0.25, 0.3) is 87.0 Å². The third-order valence-corrected chi connectivity index (χ3v) is 10.9. The van der Waals surface area contributed by atoms with E-state index in [-0.39, 0.29) is 0 Å². The number of hydrogen-bond acceptors (Lipinski definition) is 1. The predicted molar refractivity (Wildman–Crippen MR) is 208 cm³/mol. The summed E-state index contributed by atoms with van der Waals surface area (Å²) < 4.78 is 5.07. The Bertz CT molecular complexity index is 3220. The van der Waals surface area contributed by atoms with Gasteiger partial charge in [0.25, 0.3) is 0 Å². The molecule has 0 amide bonds. The zero-order valence-corrected chi connectivity index (χ0v) is 26.4. The Morgan fingerprint density at radius 1 is 0.327 bits per heavy atom. The summed E-state index contributed by atoms with van der Waals surface area (Å²) in [4.78, 5) is 2.41. The van der Waals surface area contributed by atoms with Crippen molar-refractivity contribution in [2.75, 3.05) is 4.90 Å². The minimum Gasteiger partial charge on any atom is -0.308 e. The van der Waals surface area contributed by atoms with Crippen molar-refractivity contribution >= 4 is 104 Å². The Balaban J connectivity index is 1.34. The van der Waals surface area contributed by atoms with Crippen LogP contribution in [0, 0.1) is 0 Å². The highest BCUT2D eigenvalue weighted by Gasteiger charge is 2.27. The van der Waals surface area contributed by atoms with Gasteiger partial charge >= 0.3 is 0 Å². The Labute approximate surface area is 280 Å². The monoisotopic (exact) mass is 621 g/mol. The van der Waals surface area contributed by atoms with Crippen LogP contribution in [0.4, 0.5) is 17.1 Å². The number of rotatable bonds is 3. The number of aromatic nitrogens is 2. The van der Waals surface area contributed by atoms with Crippen molar-refractivity contribution in [3.63, 3.8) is 0 Å². The van der Waals surface area contributed by atoms with Gasteiger partial charge in [-0.2, -0.15) is 0 Å². The summed E-state index contributed by atoms with van der Waals surface area (Å²) in [6, 6.07) is 60.1. The highest BCUT2D eigenvalue weighted by Crippen LogP contribution is 2.50. The normalized spacial score (nSPS) is 12.5. The van der Waals surface area contributed by atoms with E-state index in [9.17, 15) is 0 Å². The maximum absolute atomic E-state index is 2.57. The van der Waals surface area contributed by atoms with Gasteiger partial charge in [-0.25, -0.2) is 0 Å². The predicted octanol–water partition coefficient (Wildman–Crippen LogP) is 12.6. The van der Waals surface area contributed by atoms with Crippen LogP contribution in [0.5, 0.6) is 0 Å². The average molecular weight is 622 g/mol. The van der Waals surface area contributed by atoms with E-state index in [1.54, 1.807) is 0 Å². The van der Waals surface area contributed by atoms with E-state index in [0.717, 1.165) is 17.1 Å². The molecule has 0 atom stereocenters. The Morgan fingerprint density at radius 3 is 1.67 bits per heavy atom. The van der Waals surface area contributed by atoms with Gasteiger partial charge in [-0.3, -0.25) is 0 Å². The third kappa shape index (κ3) is 3.09. The molecule has 0 saturated heterocycles. The van der Waals surface area contributed by atoms with Crippen LogP contribution in [0.2, 0.25) is 0 Å². The topological polar surface area (TPSA) is 12.1 Å². The molecule has 12 aromatic rings. The summed E-state index contributed by atoms with van der Waals surface area (Å²) in [5.41, 5.74) is 11.0. The molecule has 226 valence electrons. The van der Waals surface area contributed by atoms with Gasteiger partial charge in [0, 0.05) is 54.5 Å². The van der Waals surface area contributed by atoms with Gasteiger partial charge in [-0.1, -0.05) is 109 Å². The van der Waals surface area contributed by atoms with E-state index in [1.807, 2.05) is 0 Å². The first-order valence-corrected chi connectivity index (χ1v) is 17.0. The Hall–Kier alpha value is -6.58. The van der Waals surface area contributed by atoms with Crippen LogP contribution >= 0.6 is 0 Å². The van der Waals surface area contributed by atoms with Gasteiger partial charge in [0.2, 0.25) is 0 Å². The molecule has 0 unspecified atom stereocenters. The van der Waals surface area contributed by atoms with Crippen molar-refractivity contribution in [1.82, 2.24) is 8.80 Å². The van der Waals surface area contributed by atoms with Crippen molar-refractivity contribution in [3.8, 4) is 0 Å². The summed E-state index contributed by atoms with van der Waals surface area (Å²) in [6.07, 6.45) is 0. The summed E-state index contributed by atoms with van der Waals surface area (Å²) in [5.74, 6) is 0. The van der Waals surface area contributed by atoms with Crippen molar-refractivity contribution in [3.05, 3.63) is 164 Å². The second-order valence-corrected chi connectivity index (χ2v) is 13.3. The van der Waals surface area contributed by atoms with Gasteiger partial charge in [0.1, 0.15) is 0 Å². The minimum atomic E-state index is 1.13. The number of fused-ring (bicyclic) bond motifs is 15. The molecule has 3 heteroatoms. The number of hydrogen-bond donors (Lipinski definition) is 0. The van der Waals surface area contributed by atoms with E-state index in [0.29, 0.717) is 0 Å². The lowest BCUT2D eigenvalue weighted by Gasteiger charge is -2.26. The lowest BCUT2D eigenvalue weighted by Crippen LogP contribution is -2.10. The number of anilines is 3. The van der Waals surface area contributed by atoms with Crippen LogP contribution in [0.3, 0.4) is 0 Å². The summed E-state index contributed by atoms with van der Waals surface area (Å²) in [7, 11) is 0. The molecule has 49 heavy (non-hydrogen) atoms. The summed E-state index contributed by atoms with van der Waals surface area (Å²) in [5, 5.41) is 13.0. The van der Waals surface area contributed by atoms with Crippen LogP contribution < -0.4 is 4.90 Å². The van der Waals surface area contributed by atoms with Crippen molar-refractivity contribution in [2.45, 2.75) is 0 Å². The van der Waals surface area contributed by atoms with Gasteiger partial charge in [-0.15, -0.1) is 0 Å². The van der Waals surface area contributed by atoms with Crippen LogP contribution in [-0.2, 0) is 0 Å². The number of nitrogens with zero attached hydrogens (tertiary/aromatic N) is 3. The largest absolute Gasteiger partial charge is 0.308 e. The SMILES string of the molecule is c1ccc(N(c2ccccc2)c2cccc3c4c5ccccc5cc5c6c7c8cccc9c%10ccccc%10n(c7ccc6n(c23)c54)c98)cc1. The molecule has 0 aliphatic rings. The Kier molecular flexibility index (Phi) is 4.72. The van der Waals surface area contributed by atoms with Crippen molar-refractivity contribution in [2.24, 2.45) is 0 Å². The highest BCUT2D eigenvalue weighted by atomic mass is 15.2. The first kappa shape index (κ1) is 25.5. The molecule has 0 fully saturated rings. The third-order valence-electron chi connectivity index (χ3n) is 10.9. The molecule has 0 saturated carbocycles. The molecule has 0 spiro atoms. The van der Waals surface area contributed by atoms with Crippen LogP contribution in [-0.4, -0.2) is 8.80 Å². The smallest absolute Gasteiger partial charge is 0.0783 e. The molecule has 0 N–H and O–H groups in total. The van der Waals surface area contributed by atoms with Crippen molar-refractivity contribution in [1.29, 1.82) is 0 Å². The first-order chi connectivity index (χ1) is 24.4. The second-order valence-electron chi connectivity index (χ2n) is 13.3. The van der Waals surface area contributed by atoms with Crippen LogP contribution in [0.1, 0.15) is 0 Å². The zero-order valence-electron chi connectivity index (χ0n) is 26.4. The fraction of sp³-hybridized carbons (Fsp3) is 0. The van der Waals surface area contributed by atoms with Crippen molar-refractivity contribution < 1.29 is 0 Å². The molecule has 8 aromatic carbocycles. The summed E-state index contributed by atoms with van der Waals surface area (Å²) >= 11 is 0. The highest BCUT2D eigenvalue weighted by molar-refractivity contribution is 6.39. The molecule has 0 radical (unpaired) electrons. The first-order valence-electron chi connectivity index (χ1n) is 17.0. The van der Waals surface area contributed by atoms with Crippen LogP contribution in [0.15, 0.2) is 164 Å². The van der Waals surface area contributed by atoms with Gasteiger partial charge in [0.15, 0.2) is 0 Å². The van der Waals surface area contributed by atoms with Gasteiger partial charge in [0.05, 0.1) is 38.8 Å². The quantitative estimate of drug-likeness (QED) is 0.191. The molecule has 4 heterocycles. The van der Waals surface area contributed by atoms with E-state index in [2.05, 4.69) is 177 Å². The molecule has 0 aliphatic carbocycles. The Morgan fingerprint density at radius 2 is 0.898 bits per heavy atom. The number of benzene rings is 8. The van der Waals surface area contributed by atoms with Gasteiger partial charge in [-0.05, 0) is 65.4 Å².